The number of hydrogen-bond acceptors (Lipinski definition) is 3. The molecule has 1 aromatic carbocycles. The van der Waals surface area contributed by atoms with E-state index in [0.717, 1.165) is 5.56 Å². The third-order valence-electron chi connectivity index (χ3n) is 2.79. The first-order valence-electron chi connectivity index (χ1n) is 5.63. The third-order valence-corrected chi connectivity index (χ3v) is 3.20. The number of amides is 4. The molecule has 1 aliphatic heterocycles. The van der Waals surface area contributed by atoms with E-state index in [9.17, 15) is 14.4 Å². The minimum absolute atomic E-state index is 0.122. The molecule has 1 heterocycles. The maximum absolute atomic E-state index is 11.8. The average molecular weight is 282 g/mol. The first kappa shape index (κ1) is 13.4. The number of carbonyl (C=O) groups excluding carboxylic acids is 3. The summed E-state index contributed by atoms with van der Waals surface area (Å²) < 4.78 is 0. The van der Waals surface area contributed by atoms with Crippen molar-refractivity contribution in [1.82, 2.24) is 10.6 Å². The van der Waals surface area contributed by atoms with Gasteiger partial charge in [-0.05, 0) is 24.6 Å². The predicted octanol–water partition coefficient (Wildman–Crippen LogP) is 1.19. The number of nitrogens with one attached hydrogen (secondary N) is 3. The van der Waals surface area contributed by atoms with Crippen LogP contribution in [0.5, 0.6) is 0 Å². The Morgan fingerprint density at radius 1 is 1.42 bits per heavy atom. The highest BCUT2D eigenvalue weighted by atomic mass is 35.5. The van der Waals surface area contributed by atoms with Gasteiger partial charge in [-0.15, -0.1) is 0 Å². The van der Waals surface area contributed by atoms with Crippen molar-refractivity contribution < 1.29 is 14.4 Å². The Morgan fingerprint density at radius 3 is 2.79 bits per heavy atom. The van der Waals surface area contributed by atoms with Gasteiger partial charge in [-0.3, -0.25) is 14.9 Å². The van der Waals surface area contributed by atoms with Gasteiger partial charge in [0.25, 0.3) is 5.91 Å². The Balaban J connectivity index is 2.00. The van der Waals surface area contributed by atoms with E-state index in [2.05, 4.69) is 16.0 Å². The molecule has 100 valence electrons. The number of anilines is 1. The van der Waals surface area contributed by atoms with Crippen molar-refractivity contribution in [1.29, 1.82) is 0 Å². The topological polar surface area (TPSA) is 87.3 Å². The van der Waals surface area contributed by atoms with Crippen LogP contribution in [0.15, 0.2) is 18.2 Å². The number of imide groups is 1. The van der Waals surface area contributed by atoms with E-state index in [-0.39, 0.29) is 12.3 Å². The van der Waals surface area contributed by atoms with E-state index in [1.54, 1.807) is 25.1 Å². The zero-order valence-corrected chi connectivity index (χ0v) is 10.9. The van der Waals surface area contributed by atoms with Gasteiger partial charge < -0.3 is 10.6 Å². The van der Waals surface area contributed by atoms with Crippen molar-refractivity contribution in [3.8, 4) is 0 Å². The van der Waals surface area contributed by atoms with Crippen molar-refractivity contribution in [2.75, 3.05) is 5.32 Å². The molecular formula is C12H12ClN3O3. The fourth-order valence-electron chi connectivity index (χ4n) is 1.73. The Hall–Kier alpha value is -2.08. The molecule has 19 heavy (non-hydrogen) atoms. The summed E-state index contributed by atoms with van der Waals surface area (Å²) in [6.07, 6.45) is -0.122. The van der Waals surface area contributed by atoms with Gasteiger partial charge in [0.2, 0.25) is 5.91 Å². The molecule has 6 nitrogen and oxygen atoms in total. The monoisotopic (exact) mass is 281 g/mol. The van der Waals surface area contributed by atoms with Gasteiger partial charge in [0.15, 0.2) is 0 Å². The molecule has 0 saturated carbocycles. The summed E-state index contributed by atoms with van der Waals surface area (Å²) in [5.74, 6) is -0.865. The van der Waals surface area contributed by atoms with Crippen molar-refractivity contribution in [3.63, 3.8) is 0 Å². The normalized spacial score (nSPS) is 17.9. The van der Waals surface area contributed by atoms with E-state index in [4.69, 9.17) is 11.6 Å². The SMILES string of the molecule is Cc1c(Cl)cccc1NC(=O)C[C@@H]1NC(=O)NC1=O. The lowest BCUT2D eigenvalue weighted by molar-refractivity contribution is -0.124. The lowest BCUT2D eigenvalue weighted by Gasteiger charge is -2.11. The number of urea groups is 1. The zero-order valence-electron chi connectivity index (χ0n) is 10.1. The Morgan fingerprint density at radius 2 is 2.16 bits per heavy atom. The summed E-state index contributed by atoms with van der Waals surface area (Å²) in [4.78, 5) is 34.0. The van der Waals surface area contributed by atoms with Gasteiger partial charge in [0.05, 0.1) is 6.42 Å². The van der Waals surface area contributed by atoms with Gasteiger partial charge in [-0.25, -0.2) is 4.79 Å². The van der Waals surface area contributed by atoms with Crippen LogP contribution in [-0.4, -0.2) is 23.9 Å². The van der Waals surface area contributed by atoms with Gasteiger partial charge in [-0.2, -0.15) is 0 Å². The molecule has 2 rings (SSSR count). The fourth-order valence-corrected chi connectivity index (χ4v) is 1.91. The summed E-state index contributed by atoms with van der Waals surface area (Å²) in [6, 6.07) is 3.74. The zero-order chi connectivity index (χ0) is 14.0. The fraction of sp³-hybridized carbons (Fsp3) is 0.250. The standard InChI is InChI=1S/C12H12ClN3O3/c1-6-7(13)3-2-4-8(6)14-10(17)5-9-11(18)16-12(19)15-9/h2-4,9H,5H2,1H3,(H,14,17)(H2,15,16,18,19)/t9-/m0/s1. The van der Waals surface area contributed by atoms with Gasteiger partial charge in [0, 0.05) is 10.7 Å². The average Bonchev–Trinajstić information content (AvgIpc) is 2.64. The number of benzene rings is 1. The highest BCUT2D eigenvalue weighted by Crippen LogP contribution is 2.23. The van der Waals surface area contributed by atoms with Crippen LogP contribution in [0.2, 0.25) is 5.02 Å². The molecule has 1 atom stereocenters. The van der Waals surface area contributed by atoms with Crippen molar-refractivity contribution in [3.05, 3.63) is 28.8 Å². The summed E-state index contributed by atoms with van der Waals surface area (Å²) >= 11 is 5.94. The van der Waals surface area contributed by atoms with Crippen LogP contribution in [0, 0.1) is 6.92 Å². The van der Waals surface area contributed by atoms with E-state index in [0.29, 0.717) is 10.7 Å². The summed E-state index contributed by atoms with van der Waals surface area (Å²) in [6.45, 7) is 1.78. The Kier molecular flexibility index (Phi) is 3.71. The molecule has 0 bridgehead atoms. The molecule has 0 aliphatic carbocycles. The second-order valence-electron chi connectivity index (χ2n) is 4.18. The molecule has 1 aromatic rings. The molecule has 0 spiro atoms. The third kappa shape index (κ3) is 3.03. The van der Waals surface area contributed by atoms with Gasteiger partial charge in [-0.1, -0.05) is 17.7 Å². The molecule has 0 unspecified atom stereocenters. The smallest absolute Gasteiger partial charge is 0.322 e. The molecule has 0 radical (unpaired) electrons. The van der Waals surface area contributed by atoms with E-state index >= 15 is 0 Å². The number of halogens is 1. The molecule has 4 amide bonds. The van der Waals surface area contributed by atoms with Crippen LogP contribution in [0.4, 0.5) is 10.5 Å². The van der Waals surface area contributed by atoms with Crippen LogP contribution in [0.1, 0.15) is 12.0 Å². The number of hydrogen-bond donors (Lipinski definition) is 3. The maximum atomic E-state index is 11.8. The predicted molar refractivity (Wildman–Crippen MR) is 69.9 cm³/mol. The molecule has 1 saturated heterocycles. The summed E-state index contributed by atoms with van der Waals surface area (Å²) in [5, 5.41) is 7.63. The van der Waals surface area contributed by atoms with Gasteiger partial charge in [0.1, 0.15) is 6.04 Å². The first-order chi connectivity index (χ1) is 8.97. The minimum Gasteiger partial charge on any atom is -0.326 e. The van der Waals surface area contributed by atoms with Crippen molar-refractivity contribution in [2.45, 2.75) is 19.4 Å². The van der Waals surface area contributed by atoms with E-state index in [1.807, 2.05) is 0 Å². The minimum atomic E-state index is -0.827. The summed E-state index contributed by atoms with van der Waals surface area (Å²) in [5.41, 5.74) is 1.33. The highest BCUT2D eigenvalue weighted by Gasteiger charge is 2.31. The first-order valence-corrected chi connectivity index (χ1v) is 6.01. The van der Waals surface area contributed by atoms with E-state index in [1.165, 1.54) is 0 Å². The van der Waals surface area contributed by atoms with Crippen molar-refractivity contribution in [2.24, 2.45) is 0 Å². The van der Waals surface area contributed by atoms with Crippen LogP contribution < -0.4 is 16.0 Å². The molecular weight excluding hydrogens is 270 g/mol. The van der Waals surface area contributed by atoms with Crippen LogP contribution in [0.25, 0.3) is 0 Å². The molecule has 1 fully saturated rings. The molecule has 7 heteroatoms. The number of rotatable bonds is 3. The highest BCUT2D eigenvalue weighted by molar-refractivity contribution is 6.31. The van der Waals surface area contributed by atoms with Gasteiger partial charge >= 0.3 is 6.03 Å². The molecule has 0 aromatic heterocycles. The maximum Gasteiger partial charge on any atom is 0.322 e. The van der Waals surface area contributed by atoms with E-state index < -0.39 is 18.0 Å². The van der Waals surface area contributed by atoms with Crippen LogP contribution in [-0.2, 0) is 9.59 Å². The Bertz CT molecular complexity index is 559. The quantitative estimate of drug-likeness (QED) is 0.727. The second-order valence-corrected chi connectivity index (χ2v) is 4.59. The largest absolute Gasteiger partial charge is 0.326 e. The Labute approximate surface area is 114 Å². The van der Waals surface area contributed by atoms with Crippen LogP contribution >= 0.6 is 11.6 Å². The second kappa shape index (κ2) is 5.27. The lowest BCUT2D eigenvalue weighted by Crippen LogP contribution is -2.33. The molecule has 3 N–H and O–H groups in total. The van der Waals surface area contributed by atoms with Crippen molar-refractivity contribution >= 4 is 35.1 Å². The lowest BCUT2D eigenvalue weighted by atomic mass is 10.1. The number of carbonyl (C=O) groups is 3. The molecule has 1 aliphatic rings. The van der Waals surface area contributed by atoms with Crippen LogP contribution in [0.3, 0.4) is 0 Å². The summed E-state index contributed by atoms with van der Waals surface area (Å²) in [7, 11) is 0.